The number of benzene rings is 1. The van der Waals surface area contributed by atoms with E-state index in [1.54, 1.807) is 0 Å². The maximum absolute atomic E-state index is 6.09. The van der Waals surface area contributed by atoms with E-state index in [9.17, 15) is 0 Å². The summed E-state index contributed by atoms with van der Waals surface area (Å²) in [6, 6.07) is 3.86. The van der Waals surface area contributed by atoms with Crippen LogP contribution >= 0.6 is 22.9 Å². The van der Waals surface area contributed by atoms with Gasteiger partial charge in [-0.1, -0.05) is 11.6 Å². The summed E-state index contributed by atoms with van der Waals surface area (Å²) < 4.78 is 5.63. The summed E-state index contributed by atoms with van der Waals surface area (Å²) >= 11 is 7.52. The molecule has 5 heteroatoms. The van der Waals surface area contributed by atoms with Crippen LogP contribution in [-0.2, 0) is 6.42 Å². The number of hydrogen-bond donors (Lipinski definition) is 1. The summed E-state index contributed by atoms with van der Waals surface area (Å²) in [5, 5.41) is 3.22. The Morgan fingerprint density at radius 2 is 2.28 bits per heavy atom. The molecule has 0 fully saturated rings. The van der Waals surface area contributed by atoms with Gasteiger partial charge in [-0.05, 0) is 29.8 Å². The lowest BCUT2D eigenvalue weighted by atomic mass is 10.1. The van der Waals surface area contributed by atoms with E-state index in [4.69, 9.17) is 22.1 Å². The van der Waals surface area contributed by atoms with Gasteiger partial charge in [0.05, 0.1) is 12.3 Å². The Hall–Kier alpha value is -1.52. The lowest BCUT2D eigenvalue weighted by Gasteiger charge is -2.04. The largest absolute Gasteiger partial charge is 0.492 e. The number of nitrogens with zero attached hydrogens (tertiary/aromatic N) is 1. The quantitative estimate of drug-likeness (QED) is 0.915. The minimum absolute atomic E-state index is 0.572. The molecule has 1 aromatic carbocycles. The second-order valence-corrected chi connectivity index (χ2v) is 5.35. The van der Waals surface area contributed by atoms with Crippen LogP contribution in [0.15, 0.2) is 17.5 Å². The highest BCUT2D eigenvalue weighted by molar-refractivity contribution is 7.13. The summed E-state index contributed by atoms with van der Waals surface area (Å²) in [6.45, 7) is 0.722. The van der Waals surface area contributed by atoms with Gasteiger partial charge in [0, 0.05) is 22.4 Å². The number of fused-ring (bicyclic) bond motifs is 1. The minimum Gasteiger partial charge on any atom is -0.492 e. The van der Waals surface area contributed by atoms with E-state index in [0.29, 0.717) is 5.13 Å². The van der Waals surface area contributed by atoms with E-state index in [2.05, 4.69) is 4.98 Å². The number of aromatic nitrogens is 1. The fourth-order valence-corrected chi connectivity index (χ4v) is 2.75. The Morgan fingerprint density at radius 1 is 1.39 bits per heavy atom. The van der Waals surface area contributed by atoms with Crippen molar-refractivity contribution in [2.24, 2.45) is 0 Å². The molecule has 0 radical (unpaired) electrons. The number of nitrogen functional groups attached to an aromatic ring is 1. The molecule has 0 unspecified atom stereocenters. The summed E-state index contributed by atoms with van der Waals surface area (Å²) in [6.07, 6.45) is 4.80. The first-order valence-electron chi connectivity index (χ1n) is 5.57. The molecule has 2 N–H and O–H groups in total. The van der Waals surface area contributed by atoms with Gasteiger partial charge in [-0.2, -0.15) is 0 Å². The molecular formula is C13H11ClN2OS. The molecule has 2 aromatic rings. The van der Waals surface area contributed by atoms with Crippen molar-refractivity contribution < 1.29 is 4.74 Å². The van der Waals surface area contributed by atoms with Crippen LogP contribution < -0.4 is 10.5 Å². The zero-order chi connectivity index (χ0) is 12.5. The number of ether oxygens (including phenoxy) is 1. The van der Waals surface area contributed by atoms with Crippen molar-refractivity contribution in [3.8, 4) is 5.75 Å². The molecule has 3 rings (SSSR count). The van der Waals surface area contributed by atoms with E-state index in [0.717, 1.165) is 35.1 Å². The number of rotatable bonds is 2. The van der Waals surface area contributed by atoms with Crippen molar-refractivity contribution in [1.29, 1.82) is 0 Å². The van der Waals surface area contributed by atoms with Crippen molar-refractivity contribution >= 4 is 40.2 Å². The molecule has 0 saturated heterocycles. The number of halogens is 1. The summed E-state index contributed by atoms with van der Waals surface area (Å²) in [5.41, 5.74) is 8.59. The van der Waals surface area contributed by atoms with Gasteiger partial charge in [0.25, 0.3) is 0 Å². The Balaban J connectivity index is 1.95. The number of thiazole rings is 1. The highest BCUT2D eigenvalue weighted by Gasteiger charge is 2.16. The third-order valence-electron chi connectivity index (χ3n) is 2.75. The number of anilines is 1. The molecule has 0 amide bonds. The van der Waals surface area contributed by atoms with Crippen molar-refractivity contribution in [3.63, 3.8) is 0 Å². The van der Waals surface area contributed by atoms with E-state index in [1.807, 2.05) is 29.7 Å². The zero-order valence-corrected chi connectivity index (χ0v) is 11.1. The molecule has 0 saturated carbocycles. The van der Waals surface area contributed by atoms with Gasteiger partial charge in [0.2, 0.25) is 0 Å². The van der Waals surface area contributed by atoms with Gasteiger partial charge >= 0.3 is 0 Å². The second-order valence-electron chi connectivity index (χ2n) is 4.03. The molecule has 0 spiro atoms. The Morgan fingerprint density at radius 3 is 3.06 bits per heavy atom. The summed E-state index contributed by atoms with van der Waals surface area (Å²) in [4.78, 5) is 4.18. The highest BCUT2D eigenvalue weighted by Crippen LogP contribution is 2.34. The topological polar surface area (TPSA) is 48.1 Å². The van der Waals surface area contributed by atoms with Gasteiger partial charge < -0.3 is 10.5 Å². The van der Waals surface area contributed by atoms with Gasteiger partial charge in [0.15, 0.2) is 5.13 Å². The van der Waals surface area contributed by atoms with Gasteiger partial charge in [-0.3, -0.25) is 0 Å². The molecular weight excluding hydrogens is 268 g/mol. The lowest BCUT2D eigenvalue weighted by molar-refractivity contribution is 0.356. The van der Waals surface area contributed by atoms with Crippen molar-refractivity contribution in [3.05, 3.63) is 39.4 Å². The lowest BCUT2D eigenvalue weighted by Crippen LogP contribution is -1.88. The fourth-order valence-electron chi connectivity index (χ4n) is 1.97. The predicted octanol–water partition coefficient (Wildman–Crippen LogP) is 3.48. The van der Waals surface area contributed by atoms with Crippen LogP contribution in [0, 0.1) is 0 Å². The number of hydrogen-bond acceptors (Lipinski definition) is 4. The fraction of sp³-hybridized carbons (Fsp3) is 0.154. The third kappa shape index (κ3) is 2.21. The van der Waals surface area contributed by atoms with Crippen LogP contribution in [0.3, 0.4) is 0 Å². The third-order valence-corrected chi connectivity index (χ3v) is 3.66. The zero-order valence-electron chi connectivity index (χ0n) is 9.52. The molecule has 1 aromatic heterocycles. The van der Waals surface area contributed by atoms with Gasteiger partial charge in [0.1, 0.15) is 5.75 Å². The van der Waals surface area contributed by atoms with Gasteiger partial charge in [-0.25, -0.2) is 4.98 Å². The Bertz CT molecular complexity index is 621. The molecule has 1 aliphatic rings. The highest BCUT2D eigenvalue weighted by atomic mass is 35.5. The average Bonchev–Trinajstić information content (AvgIpc) is 2.94. The van der Waals surface area contributed by atoms with E-state index < -0.39 is 0 Å². The SMILES string of the molecule is Nc1nc(/C=C/c2cc(Cl)cc3c2OCC3)cs1. The predicted molar refractivity (Wildman–Crippen MR) is 76.1 cm³/mol. The van der Waals surface area contributed by atoms with Crippen LogP contribution in [0.2, 0.25) is 5.02 Å². The first kappa shape index (κ1) is 11.6. The molecule has 1 aliphatic heterocycles. The van der Waals surface area contributed by atoms with Gasteiger partial charge in [-0.15, -0.1) is 11.3 Å². The molecule has 3 nitrogen and oxygen atoms in total. The smallest absolute Gasteiger partial charge is 0.180 e. The molecule has 92 valence electrons. The monoisotopic (exact) mass is 278 g/mol. The molecule has 2 heterocycles. The summed E-state index contributed by atoms with van der Waals surface area (Å²) in [7, 11) is 0. The van der Waals surface area contributed by atoms with E-state index >= 15 is 0 Å². The maximum Gasteiger partial charge on any atom is 0.180 e. The molecule has 18 heavy (non-hydrogen) atoms. The molecule has 0 bridgehead atoms. The van der Waals surface area contributed by atoms with Crippen molar-refractivity contribution in [1.82, 2.24) is 4.98 Å². The standard InChI is InChI=1S/C13H11ClN2OS/c14-10-5-8(12-9(6-10)3-4-17-12)1-2-11-7-18-13(15)16-11/h1-2,5-7H,3-4H2,(H2,15,16)/b2-1+. The first-order chi connectivity index (χ1) is 8.72. The summed E-state index contributed by atoms with van der Waals surface area (Å²) in [5.74, 6) is 0.929. The Kier molecular flexibility index (Phi) is 2.97. The molecule has 0 aliphatic carbocycles. The second kappa shape index (κ2) is 4.63. The average molecular weight is 279 g/mol. The van der Waals surface area contributed by atoms with Crippen molar-refractivity contribution in [2.45, 2.75) is 6.42 Å². The van der Waals surface area contributed by atoms with Crippen molar-refractivity contribution in [2.75, 3.05) is 12.3 Å². The van der Waals surface area contributed by atoms with Crippen LogP contribution in [0.1, 0.15) is 16.8 Å². The maximum atomic E-state index is 6.09. The minimum atomic E-state index is 0.572. The normalized spacial score (nSPS) is 13.8. The number of nitrogens with two attached hydrogens (primary N) is 1. The Labute approximate surface area is 114 Å². The van der Waals surface area contributed by atoms with Crippen LogP contribution in [0.25, 0.3) is 12.2 Å². The van der Waals surface area contributed by atoms with Crippen LogP contribution in [-0.4, -0.2) is 11.6 Å². The van der Waals surface area contributed by atoms with E-state index in [1.165, 1.54) is 16.9 Å². The van der Waals surface area contributed by atoms with E-state index in [-0.39, 0.29) is 0 Å². The first-order valence-corrected chi connectivity index (χ1v) is 6.82. The van der Waals surface area contributed by atoms with Crippen LogP contribution in [0.4, 0.5) is 5.13 Å². The molecule has 0 atom stereocenters. The van der Waals surface area contributed by atoms with Crippen LogP contribution in [0.5, 0.6) is 5.75 Å².